The molecule has 3 rings (SSSR count). The Hall–Kier alpha value is -3.72. The molecule has 0 bridgehead atoms. The van der Waals surface area contributed by atoms with Crippen molar-refractivity contribution in [2.45, 2.75) is 13.5 Å². The van der Waals surface area contributed by atoms with Crippen LogP contribution in [0.3, 0.4) is 0 Å². The second-order valence-electron chi connectivity index (χ2n) is 5.88. The Labute approximate surface area is 158 Å². The number of anilines is 2. The molecule has 0 radical (unpaired) electrons. The van der Waals surface area contributed by atoms with Crippen LogP contribution in [0.4, 0.5) is 11.6 Å². The Kier molecular flexibility index (Phi) is 5.75. The number of hydrogen-bond acceptors (Lipinski definition) is 5. The summed E-state index contributed by atoms with van der Waals surface area (Å²) in [5.41, 5.74) is 2.62. The average Bonchev–Trinajstić information content (AvgIpc) is 2.73. The van der Waals surface area contributed by atoms with Crippen LogP contribution in [0.5, 0.6) is 0 Å². The molecule has 0 fully saturated rings. The Morgan fingerprint density at radius 2 is 1.74 bits per heavy atom. The van der Waals surface area contributed by atoms with Gasteiger partial charge in [-0.05, 0) is 24.6 Å². The van der Waals surface area contributed by atoms with Gasteiger partial charge in [-0.25, -0.2) is 9.97 Å². The highest BCUT2D eigenvalue weighted by Crippen LogP contribution is 2.17. The molecule has 0 saturated heterocycles. The smallest absolute Gasteiger partial charge is 0.257 e. The second kappa shape index (κ2) is 8.59. The zero-order valence-electron chi connectivity index (χ0n) is 15.0. The van der Waals surface area contributed by atoms with Gasteiger partial charge < -0.3 is 10.2 Å². The molecule has 3 aromatic rings. The van der Waals surface area contributed by atoms with Crippen LogP contribution >= 0.6 is 0 Å². The summed E-state index contributed by atoms with van der Waals surface area (Å²) in [6.07, 6.45) is 3.00. The largest absolute Gasteiger partial charge is 0.335 e. The third-order valence-corrected chi connectivity index (χ3v) is 4.08. The van der Waals surface area contributed by atoms with Gasteiger partial charge in [0.05, 0.1) is 16.8 Å². The van der Waals surface area contributed by atoms with Gasteiger partial charge in [0.25, 0.3) is 5.91 Å². The molecule has 0 aliphatic rings. The Morgan fingerprint density at radius 3 is 2.41 bits per heavy atom. The van der Waals surface area contributed by atoms with Gasteiger partial charge in [0.15, 0.2) is 0 Å². The molecule has 2 aromatic carbocycles. The number of amides is 1. The van der Waals surface area contributed by atoms with E-state index in [1.54, 1.807) is 23.1 Å². The molecule has 1 amide bonds. The van der Waals surface area contributed by atoms with Crippen LogP contribution in [0.2, 0.25) is 0 Å². The molecule has 1 aromatic heterocycles. The second-order valence-corrected chi connectivity index (χ2v) is 5.88. The van der Waals surface area contributed by atoms with E-state index in [0.717, 1.165) is 5.56 Å². The zero-order chi connectivity index (χ0) is 19.1. The molecule has 134 valence electrons. The fourth-order valence-corrected chi connectivity index (χ4v) is 2.63. The van der Waals surface area contributed by atoms with Crippen molar-refractivity contribution in [2.75, 3.05) is 11.9 Å². The lowest BCUT2D eigenvalue weighted by Crippen LogP contribution is -2.30. The lowest BCUT2D eigenvalue weighted by molar-refractivity contribution is 0.0752. The minimum atomic E-state index is -0.120. The maximum Gasteiger partial charge on any atom is 0.257 e. The van der Waals surface area contributed by atoms with Crippen molar-refractivity contribution in [1.82, 2.24) is 14.9 Å². The van der Waals surface area contributed by atoms with Crippen LogP contribution in [0, 0.1) is 11.3 Å². The minimum absolute atomic E-state index is 0.120. The van der Waals surface area contributed by atoms with Crippen LogP contribution in [-0.4, -0.2) is 27.3 Å². The fourth-order valence-electron chi connectivity index (χ4n) is 2.63. The lowest BCUT2D eigenvalue weighted by atomic mass is 10.2. The van der Waals surface area contributed by atoms with Crippen LogP contribution < -0.4 is 5.32 Å². The van der Waals surface area contributed by atoms with Crippen LogP contribution in [0.15, 0.2) is 67.0 Å². The molecule has 27 heavy (non-hydrogen) atoms. The molecular weight excluding hydrogens is 338 g/mol. The summed E-state index contributed by atoms with van der Waals surface area (Å²) in [6.45, 7) is 3.06. The first kappa shape index (κ1) is 18.1. The van der Waals surface area contributed by atoms with Crippen LogP contribution in [0.1, 0.15) is 28.4 Å². The topological polar surface area (TPSA) is 81.9 Å². The monoisotopic (exact) mass is 357 g/mol. The quantitative estimate of drug-likeness (QED) is 0.726. The normalized spacial score (nSPS) is 10.1. The van der Waals surface area contributed by atoms with E-state index in [-0.39, 0.29) is 5.91 Å². The van der Waals surface area contributed by atoms with E-state index >= 15 is 0 Å². The molecule has 1 N–H and O–H groups in total. The van der Waals surface area contributed by atoms with Gasteiger partial charge in [-0.2, -0.15) is 5.26 Å². The standard InChI is InChI=1S/C21H19N5O/c1-2-26(15-16-8-4-3-5-9-16)20(27)18-13-23-21(24-14-18)25-19-11-7-6-10-17(19)12-22/h3-11,13-14H,2,15H2,1H3,(H,23,24,25). The number of benzene rings is 2. The number of rotatable bonds is 6. The summed E-state index contributed by atoms with van der Waals surface area (Å²) in [5, 5.41) is 12.1. The van der Waals surface area contributed by atoms with Crippen LogP contribution in [0.25, 0.3) is 0 Å². The van der Waals surface area contributed by atoms with E-state index in [1.807, 2.05) is 43.3 Å². The van der Waals surface area contributed by atoms with E-state index in [1.165, 1.54) is 12.4 Å². The molecule has 0 atom stereocenters. The number of carbonyl (C=O) groups excluding carboxylic acids is 1. The van der Waals surface area contributed by atoms with E-state index in [0.29, 0.717) is 35.9 Å². The number of nitrogens with zero attached hydrogens (tertiary/aromatic N) is 4. The molecule has 0 unspecified atom stereocenters. The molecule has 6 heteroatoms. The van der Waals surface area contributed by atoms with E-state index in [2.05, 4.69) is 21.4 Å². The number of nitriles is 1. The van der Waals surface area contributed by atoms with Crippen molar-refractivity contribution in [2.24, 2.45) is 0 Å². The van der Waals surface area contributed by atoms with E-state index in [4.69, 9.17) is 5.26 Å². The van der Waals surface area contributed by atoms with E-state index < -0.39 is 0 Å². The van der Waals surface area contributed by atoms with E-state index in [9.17, 15) is 4.79 Å². The maximum absolute atomic E-state index is 12.7. The molecule has 0 aliphatic heterocycles. The van der Waals surface area contributed by atoms with Gasteiger partial charge in [-0.3, -0.25) is 4.79 Å². The summed E-state index contributed by atoms with van der Waals surface area (Å²) in [5.74, 6) is 0.214. The molecule has 0 spiro atoms. The number of para-hydroxylation sites is 1. The summed E-state index contributed by atoms with van der Waals surface area (Å²) in [4.78, 5) is 22.9. The third-order valence-electron chi connectivity index (χ3n) is 4.08. The van der Waals surface area contributed by atoms with Crippen molar-refractivity contribution in [3.05, 3.63) is 83.7 Å². The SMILES string of the molecule is CCN(Cc1ccccc1)C(=O)c1cnc(Nc2ccccc2C#N)nc1. The molecule has 6 nitrogen and oxygen atoms in total. The first-order valence-electron chi connectivity index (χ1n) is 8.62. The molecule has 1 heterocycles. The molecular formula is C21H19N5O. The highest BCUT2D eigenvalue weighted by molar-refractivity contribution is 5.93. The highest BCUT2D eigenvalue weighted by Gasteiger charge is 2.15. The number of hydrogen-bond donors (Lipinski definition) is 1. The molecule has 0 aliphatic carbocycles. The van der Waals surface area contributed by atoms with Crippen LogP contribution in [-0.2, 0) is 6.54 Å². The minimum Gasteiger partial charge on any atom is -0.335 e. The van der Waals surface area contributed by atoms with Crippen molar-refractivity contribution in [1.29, 1.82) is 5.26 Å². The Bertz CT molecular complexity index is 948. The van der Waals surface area contributed by atoms with Gasteiger partial charge in [0.1, 0.15) is 6.07 Å². The average molecular weight is 357 g/mol. The summed E-state index contributed by atoms with van der Waals surface area (Å²) in [7, 11) is 0. The van der Waals surface area contributed by atoms with Crippen molar-refractivity contribution >= 4 is 17.5 Å². The van der Waals surface area contributed by atoms with Gasteiger partial charge in [0, 0.05) is 25.5 Å². The number of carbonyl (C=O) groups is 1. The zero-order valence-corrected chi connectivity index (χ0v) is 15.0. The van der Waals surface area contributed by atoms with Gasteiger partial charge in [-0.15, -0.1) is 0 Å². The predicted molar refractivity (Wildman–Crippen MR) is 103 cm³/mol. The number of aromatic nitrogens is 2. The molecule has 0 saturated carbocycles. The Morgan fingerprint density at radius 1 is 1.07 bits per heavy atom. The highest BCUT2D eigenvalue weighted by atomic mass is 16.2. The third kappa shape index (κ3) is 4.47. The predicted octanol–water partition coefficient (Wildman–Crippen LogP) is 3.75. The first-order chi connectivity index (χ1) is 13.2. The summed E-state index contributed by atoms with van der Waals surface area (Å²) < 4.78 is 0. The van der Waals surface area contributed by atoms with Gasteiger partial charge >= 0.3 is 0 Å². The van der Waals surface area contributed by atoms with Crippen molar-refractivity contribution < 1.29 is 4.79 Å². The fraction of sp³-hybridized carbons (Fsp3) is 0.143. The van der Waals surface area contributed by atoms with Gasteiger partial charge in [0.2, 0.25) is 5.95 Å². The maximum atomic E-state index is 12.7. The Balaban J connectivity index is 1.72. The lowest BCUT2D eigenvalue weighted by Gasteiger charge is -2.21. The number of nitrogens with one attached hydrogen (secondary N) is 1. The van der Waals surface area contributed by atoms with Crippen molar-refractivity contribution in [3.8, 4) is 6.07 Å². The van der Waals surface area contributed by atoms with Crippen molar-refractivity contribution in [3.63, 3.8) is 0 Å². The first-order valence-corrected chi connectivity index (χ1v) is 8.62. The summed E-state index contributed by atoms with van der Waals surface area (Å²) in [6, 6.07) is 19.1. The summed E-state index contributed by atoms with van der Waals surface area (Å²) >= 11 is 0. The van der Waals surface area contributed by atoms with Gasteiger partial charge in [-0.1, -0.05) is 42.5 Å².